The van der Waals surface area contributed by atoms with Gasteiger partial charge in [0.25, 0.3) is 5.56 Å². The molecule has 0 aromatic carbocycles. The van der Waals surface area contributed by atoms with E-state index in [9.17, 15) is 35.9 Å². The molecule has 6 rings (SSSR count). The monoisotopic (exact) mass is 517 g/mol. The minimum absolute atomic E-state index is 0.00916. The standard InChI is InChI=1S/C21H21F6N7O2/c22-20(23,24)12-8-28-19(29-9-12)33-3-1-32(2-4-33)16(35)10-34-13-5-11(6-13)17(34)15-7-14(21(25,26)27)18(36)31-30-15/h7-9,11,13,17H,1-6,10H2,(H,31,36). The number of alkyl halides is 6. The van der Waals surface area contributed by atoms with Crippen molar-refractivity contribution >= 4 is 11.9 Å². The third kappa shape index (κ3) is 4.51. The van der Waals surface area contributed by atoms with Crippen molar-refractivity contribution in [2.45, 2.75) is 37.3 Å². The largest absolute Gasteiger partial charge is 0.421 e. The van der Waals surface area contributed by atoms with Crippen LogP contribution in [-0.2, 0) is 17.1 Å². The van der Waals surface area contributed by atoms with Gasteiger partial charge in [-0.15, -0.1) is 0 Å². The van der Waals surface area contributed by atoms with Crippen molar-refractivity contribution in [3.8, 4) is 0 Å². The summed E-state index contributed by atoms with van der Waals surface area (Å²) in [6.07, 6.45) is -6.44. The van der Waals surface area contributed by atoms with Crippen molar-refractivity contribution in [2.75, 3.05) is 37.6 Å². The lowest BCUT2D eigenvalue weighted by Crippen LogP contribution is -2.52. The zero-order valence-corrected chi connectivity index (χ0v) is 18.7. The average Bonchev–Trinajstić information content (AvgIpc) is 3.32. The maximum absolute atomic E-state index is 13.2. The molecule has 5 heterocycles. The van der Waals surface area contributed by atoms with E-state index in [2.05, 4.69) is 15.1 Å². The Morgan fingerprint density at radius 3 is 2.22 bits per heavy atom. The maximum Gasteiger partial charge on any atom is 0.421 e. The summed E-state index contributed by atoms with van der Waals surface area (Å²) in [5, 5.41) is 5.78. The normalized spacial score (nSPS) is 24.7. The number of carbonyl (C=O) groups is 1. The maximum atomic E-state index is 13.2. The second-order valence-corrected chi connectivity index (χ2v) is 9.17. The molecule has 1 amide bonds. The third-order valence-corrected chi connectivity index (χ3v) is 7.05. The Balaban J connectivity index is 1.22. The van der Waals surface area contributed by atoms with Gasteiger partial charge in [0.2, 0.25) is 11.9 Å². The Hall–Kier alpha value is -3.23. The molecule has 36 heavy (non-hydrogen) atoms. The van der Waals surface area contributed by atoms with E-state index in [4.69, 9.17) is 0 Å². The lowest BCUT2D eigenvalue weighted by molar-refractivity contribution is -0.139. The van der Waals surface area contributed by atoms with Gasteiger partial charge >= 0.3 is 12.4 Å². The van der Waals surface area contributed by atoms with Gasteiger partial charge in [0.1, 0.15) is 5.56 Å². The molecule has 0 spiro atoms. The highest BCUT2D eigenvalue weighted by atomic mass is 19.4. The molecule has 1 atom stereocenters. The van der Waals surface area contributed by atoms with Gasteiger partial charge in [-0.3, -0.25) is 14.5 Å². The number of H-pyrrole nitrogens is 1. The number of fused-ring (bicyclic) bond motifs is 1. The fourth-order valence-electron chi connectivity index (χ4n) is 5.12. The molecule has 1 aliphatic carbocycles. The van der Waals surface area contributed by atoms with Crippen LogP contribution in [-0.4, -0.2) is 74.6 Å². The van der Waals surface area contributed by atoms with E-state index in [0.717, 1.165) is 18.9 Å². The van der Waals surface area contributed by atoms with E-state index in [0.29, 0.717) is 38.6 Å². The first-order valence-electron chi connectivity index (χ1n) is 11.3. The van der Waals surface area contributed by atoms with Crippen molar-refractivity contribution in [3.63, 3.8) is 0 Å². The predicted molar refractivity (Wildman–Crippen MR) is 112 cm³/mol. The van der Waals surface area contributed by atoms with Gasteiger partial charge in [0.05, 0.1) is 23.8 Å². The summed E-state index contributed by atoms with van der Waals surface area (Å²) in [6, 6.07) is 0.317. The molecule has 4 aliphatic rings. The van der Waals surface area contributed by atoms with Crippen LogP contribution in [0.25, 0.3) is 0 Å². The van der Waals surface area contributed by atoms with Gasteiger partial charge in [0.15, 0.2) is 0 Å². The van der Waals surface area contributed by atoms with Crippen LogP contribution in [0, 0.1) is 5.92 Å². The molecule has 4 fully saturated rings. The molecule has 1 saturated carbocycles. The van der Waals surface area contributed by atoms with Crippen LogP contribution in [0.15, 0.2) is 23.3 Å². The van der Waals surface area contributed by atoms with E-state index < -0.39 is 35.1 Å². The number of hydrogen-bond donors (Lipinski definition) is 1. The summed E-state index contributed by atoms with van der Waals surface area (Å²) < 4.78 is 77.8. The van der Waals surface area contributed by atoms with Crippen molar-refractivity contribution in [1.29, 1.82) is 0 Å². The number of halogens is 6. The smallest absolute Gasteiger partial charge is 0.338 e. The summed E-state index contributed by atoms with van der Waals surface area (Å²) in [6.45, 7) is 1.23. The van der Waals surface area contributed by atoms with Gasteiger partial charge < -0.3 is 9.80 Å². The number of piperazine rings is 1. The van der Waals surface area contributed by atoms with E-state index in [1.807, 2.05) is 10.00 Å². The van der Waals surface area contributed by atoms with Crippen LogP contribution < -0.4 is 10.5 Å². The number of aromatic amines is 1. The Kier molecular flexibility index (Phi) is 5.92. The molecule has 194 valence electrons. The van der Waals surface area contributed by atoms with Crippen molar-refractivity contribution in [2.24, 2.45) is 5.92 Å². The van der Waals surface area contributed by atoms with Gasteiger partial charge in [-0.1, -0.05) is 0 Å². The SMILES string of the molecule is O=C(CN1C2CC(C2)C1c1cc(C(F)(F)F)c(=O)[nH]n1)N1CCN(c2ncc(C(F)(F)F)cn2)CC1. The summed E-state index contributed by atoms with van der Waals surface area (Å²) in [5.74, 6) is -0.0166. The predicted octanol–water partition coefficient (Wildman–Crippen LogP) is 2.08. The second-order valence-electron chi connectivity index (χ2n) is 9.17. The number of amides is 1. The number of hydrogen-bond acceptors (Lipinski definition) is 7. The summed E-state index contributed by atoms with van der Waals surface area (Å²) >= 11 is 0. The lowest BCUT2D eigenvalue weighted by atomic mass is 9.82. The number of anilines is 1. The zero-order chi connectivity index (χ0) is 25.8. The highest BCUT2D eigenvalue weighted by Crippen LogP contribution is 2.53. The fourth-order valence-corrected chi connectivity index (χ4v) is 5.12. The van der Waals surface area contributed by atoms with E-state index in [-0.39, 0.29) is 36.1 Å². The topological polar surface area (TPSA) is 98.3 Å². The Morgan fingerprint density at radius 1 is 1.00 bits per heavy atom. The van der Waals surface area contributed by atoms with Crippen LogP contribution in [0.5, 0.6) is 0 Å². The third-order valence-electron chi connectivity index (χ3n) is 7.05. The Bertz CT molecular complexity index is 1180. The number of rotatable bonds is 4. The molecule has 3 saturated heterocycles. The van der Waals surface area contributed by atoms with Crippen LogP contribution in [0.3, 0.4) is 0 Å². The van der Waals surface area contributed by atoms with Crippen LogP contribution in [0.2, 0.25) is 0 Å². The molecule has 3 aliphatic heterocycles. The molecule has 0 radical (unpaired) electrons. The lowest BCUT2D eigenvalue weighted by Gasteiger charge is -2.36. The highest BCUT2D eigenvalue weighted by Gasteiger charge is 2.53. The highest BCUT2D eigenvalue weighted by molar-refractivity contribution is 5.78. The van der Waals surface area contributed by atoms with E-state index in [1.165, 1.54) is 0 Å². The number of nitrogens with one attached hydrogen (secondary N) is 1. The Morgan fingerprint density at radius 2 is 1.64 bits per heavy atom. The summed E-state index contributed by atoms with van der Waals surface area (Å²) in [4.78, 5) is 37.3. The van der Waals surface area contributed by atoms with Gasteiger partial charge in [0, 0.05) is 44.6 Å². The molecule has 15 heteroatoms. The molecule has 1 unspecified atom stereocenters. The van der Waals surface area contributed by atoms with E-state index in [1.54, 1.807) is 9.80 Å². The second kappa shape index (κ2) is 8.71. The number of aromatic nitrogens is 4. The molecular weight excluding hydrogens is 496 g/mol. The average molecular weight is 517 g/mol. The minimum atomic E-state index is -4.82. The molecule has 2 aromatic heterocycles. The molecule has 9 nitrogen and oxygen atoms in total. The molecule has 2 bridgehead atoms. The van der Waals surface area contributed by atoms with Gasteiger partial charge in [-0.2, -0.15) is 31.4 Å². The first-order chi connectivity index (χ1) is 16.9. The molecule has 1 N–H and O–H groups in total. The van der Waals surface area contributed by atoms with Crippen LogP contribution in [0.4, 0.5) is 32.3 Å². The zero-order valence-electron chi connectivity index (χ0n) is 18.7. The Labute approximate surface area is 200 Å². The first kappa shape index (κ1) is 24.5. The van der Waals surface area contributed by atoms with Crippen LogP contribution >= 0.6 is 0 Å². The van der Waals surface area contributed by atoms with Gasteiger partial charge in [-0.25, -0.2) is 15.1 Å². The van der Waals surface area contributed by atoms with Gasteiger partial charge in [-0.05, 0) is 24.8 Å². The van der Waals surface area contributed by atoms with Crippen molar-refractivity contribution in [3.05, 3.63) is 45.6 Å². The first-order valence-corrected chi connectivity index (χ1v) is 11.3. The quantitative estimate of drug-likeness (QED) is 0.621. The van der Waals surface area contributed by atoms with Crippen molar-refractivity contribution < 1.29 is 31.1 Å². The molecular formula is C21H21F6N7O2. The summed E-state index contributed by atoms with van der Waals surface area (Å²) in [5.41, 5.74) is -3.49. The van der Waals surface area contributed by atoms with Crippen LogP contribution in [0.1, 0.15) is 35.7 Å². The number of nitrogens with zero attached hydrogens (tertiary/aromatic N) is 6. The molecule has 2 aromatic rings. The fraction of sp³-hybridized carbons (Fsp3) is 0.571. The number of carbonyl (C=O) groups excluding carboxylic acids is 1. The van der Waals surface area contributed by atoms with E-state index >= 15 is 0 Å². The minimum Gasteiger partial charge on any atom is -0.338 e. The van der Waals surface area contributed by atoms with Crippen molar-refractivity contribution in [1.82, 2.24) is 30.0 Å². The summed E-state index contributed by atoms with van der Waals surface area (Å²) in [7, 11) is 0.